The molecule has 4 aromatic rings. The van der Waals surface area contributed by atoms with Crippen molar-refractivity contribution in [2.75, 3.05) is 7.11 Å². The van der Waals surface area contributed by atoms with Gasteiger partial charge in [0.05, 0.1) is 42.5 Å². The largest absolute Gasteiger partial charge is 0.467 e. The Bertz CT molecular complexity index is 1410. The summed E-state index contributed by atoms with van der Waals surface area (Å²) in [5.74, 6) is -0.289. The molecule has 0 saturated heterocycles. The van der Waals surface area contributed by atoms with Gasteiger partial charge in [0, 0.05) is 4.47 Å². The van der Waals surface area contributed by atoms with Crippen LogP contribution in [-0.2, 0) is 11.3 Å². The zero-order chi connectivity index (χ0) is 22.4. The summed E-state index contributed by atoms with van der Waals surface area (Å²) in [5.41, 5.74) is 1.36. The summed E-state index contributed by atoms with van der Waals surface area (Å²) in [5, 5.41) is 0.377. The van der Waals surface area contributed by atoms with Gasteiger partial charge < -0.3 is 18.5 Å². The Kier molecular flexibility index (Phi) is 4.94. The molecule has 1 aliphatic rings. The third-order valence-electron chi connectivity index (χ3n) is 5.48. The molecule has 5 rings (SSSR count). The molecule has 8 heteroatoms. The molecular weight excluding hydrogens is 478 g/mol. The molecule has 1 amide bonds. The number of ether oxygens (including phenoxy) is 1. The van der Waals surface area contributed by atoms with E-state index in [1.807, 2.05) is 0 Å². The second-order valence-electron chi connectivity index (χ2n) is 7.34. The zero-order valence-corrected chi connectivity index (χ0v) is 18.4. The summed E-state index contributed by atoms with van der Waals surface area (Å²) in [7, 11) is 1.31. The number of carbonyl (C=O) groups is 2. The first-order valence-corrected chi connectivity index (χ1v) is 10.5. The van der Waals surface area contributed by atoms with Crippen molar-refractivity contribution in [2.24, 2.45) is 0 Å². The average molecular weight is 494 g/mol. The van der Waals surface area contributed by atoms with Gasteiger partial charge in [-0.15, -0.1) is 0 Å². The lowest BCUT2D eigenvalue weighted by Gasteiger charge is -2.24. The van der Waals surface area contributed by atoms with Crippen LogP contribution < -0.4 is 5.43 Å². The number of halogens is 1. The van der Waals surface area contributed by atoms with Gasteiger partial charge in [-0.05, 0) is 48.0 Å². The fourth-order valence-electron chi connectivity index (χ4n) is 3.99. The number of furan rings is 1. The van der Waals surface area contributed by atoms with Crippen molar-refractivity contribution < 1.29 is 23.2 Å². The Hall–Kier alpha value is -3.65. The van der Waals surface area contributed by atoms with E-state index in [1.165, 1.54) is 18.3 Å². The fraction of sp³-hybridized carbons (Fsp3) is 0.125. The van der Waals surface area contributed by atoms with Gasteiger partial charge in [-0.3, -0.25) is 9.59 Å². The molecule has 32 heavy (non-hydrogen) atoms. The lowest BCUT2D eigenvalue weighted by atomic mass is 9.97. The number of rotatable bonds is 4. The minimum Gasteiger partial charge on any atom is -0.467 e. The molecule has 0 radical (unpaired) electrons. The molecule has 1 aliphatic heterocycles. The first kappa shape index (κ1) is 20.3. The van der Waals surface area contributed by atoms with Gasteiger partial charge in [0.1, 0.15) is 11.3 Å². The summed E-state index contributed by atoms with van der Waals surface area (Å²) in [4.78, 5) is 40.2. The highest BCUT2D eigenvalue weighted by Gasteiger charge is 2.43. The summed E-state index contributed by atoms with van der Waals surface area (Å²) >= 11 is 3.38. The maximum Gasteiger partial charge on any atom is 0.337 e. The van der Waals surface area contributed by atoms with E-state index >= 15 is 0 Å². The molecule has 7 nitrogen and oxygen atoms in total. The number of benzene rings is 2. The Labute approximate surface area is 190 Å². The highest BCUT2D eigenvalue weighted by Crippen LogP contribution is 2.39. The van der Waals surface area contributed by atoms with Crippen molar-refractivity contribution in [2.45, 2.75) is 12.6 Å². The van der Waals surface area contributed by atoms with Gasteiger partial charge in [-0.25, -0.2) is 4.79 Å². The van der Waals surface area contributed by atoms with Crippen molar-refractivity contribution in [3.8, 4) is 0 Å². The third-order valence-corrected chi connectivity index (χ3v) is 5.97. The fourth-order valence-corrected chi connectivity index (χ4v) is 4.35. The van der Waals surface area contributed by atoms with E-state index in [2.05, 4.69) is 15.9 Å². The molecule has 0 bridgehead atoms. The molecule has 0 N–H and O–H groups in total. The van der Waals surface area contributed by atoms with Crippen LogP contribution in [0.2, 0.25) is 0 Å². The van der Waals surface area contributed by atoms with E-state index in [0.717, 1.165) is 4.47 Å². The van der Waals surface area contributed by atoms with Crippen molar-refractivity contribution in [3.05, 3.63) is 104 Å². The van der Waals surface area contributed by atoms with Gasteiger partial charge in [0.15, 0.2) is 5.43 Å². The zero-order valence-electron chi connectivity index (χ0n) is 16.8. The van der Waals surface area contributed by atoms with Crippen LogP contribution in [0, 0.1) is 0 Å². The van der Waals surface area contributed by atoms with E-state index in [1.54, 1.807) is 54.6 Å². The van der Waals surface area contributed by atoms with Crippen molar-refractivity contribution in [3.63, 3.8) is 0 Å². The third kappa shape index (κ3) is 3.23. The number of hydrogen-bond acceptors (Lipinski definition) is 6. The van der Waals surface area contributed by atoms with E-state index in [-0.39, 0.29) is 23.3 Å². The number of amides is 1. The smallest absolute Gasteiger partial charge is 0.337 e. The van der Waals surface area contributed by atoms with Crippen LogP contribution in [0.5, 0.6) is 0 Å². The molecule has 0 fully saturated rings. The van der Waals surface area contributed by atoms with Gasteiger partial charge in [0.2, 0.25) is 5.76 Å². The van der Waals surface area contributed by atoms with E-state index in [0.29, 0.717) is 27.9 Å². The highest BCUT2D eigenvalue weighted by atomic mass is 79.9. The predicted molar refractivity (Wildman–Crippen MR) is 118 cm³/mol. The van der Waals surface area contributed by atoms with Gasteiger partial charge >= 0.3 is 5.97 Å². The summed E-state index contributed by atoms with van der Waals surface area (Å²) < 4.78 is 16.9. The monoisotopic (exact) mass is 493 g/mol. The molecule has 0 aliphatic carbocycles. The van der Waals surface area contributed by atoms with Crippen LogP contribution in [0.1, 0.15) is 43.8 Å². The quantitative estimate of drug-likeness (QED) is 0.383. The van der Waals surface area contributed by atoms with Crippen LogP contribution in [-0.4, -0.2) is 23.9 Å². The van der Waals surface area contributed by atoms with E-state index < -0.39 is 17.9 Å². The Balaban J connectivity index is 1.70. The summed E-state index contributed by atoms with van der Waals surface area (Å²) in [6.07, 6.45) is 1.53. The minimum atomic E-state index is -0.700. The minimum absolute atomic E-state index is 0.0124. The van der Waals surface area contributed by atoms with Crippen LogP contribution in [0.3, 0.4) is 0 Å². The molecule has 2 aromatic carbocycles. The summed E-state index contributed by atoms with van der Waals surface area (Å²) in [6.45, 7) is 0.152. The maximum atomic E-state index is 13.5. The molecule has 1 atom stereocenters. The molecular formula is C24H16BrNO6. The van der Waals surface area contributed by atoms with Crippen LogP contribution in [0.25, 0.3) is 11.0 Å². The SMILES string of the molecule is COC(=O)c1ccc([C@@H]2c3c(oc4ccc(Br)cc4c3=O)C(=O)N2Cc2ccco2)cc1. The second kappa shape index (κ2) is 7.80. The maximum absolute atomic E-state index is 13.5. The molecule has 0 saturated carbocycles. The topological polar surface area (TPSA) is 90.0 Å². The second-order valence-corrected chi connectivity index (χ2v) is 8.26. The number of methoxy groups -OCH3 is 1. The molecule has 2 aromatic heterocycles. The number of hydrogen-bond donors (Lipinski definition) is 0. The van der Waals surface area contributed by atoms with E-state index in [9.17, 15) is 14.4 Å². The lowest BCUT2D eigenvalue weighted by molar-refractivity contribution is 0.0599. The lowest BCUT2D eigenvalue weighted by Crippen LogP contribution is -2.29. The standard InChI is InChI=1S/C24H16BrNO6/c1-30-24(29)14-6-4-13(5-7-14)20-19-21(27)17-11-15(25)8-9-18(17)32-22(19)23(28)26(20)12-16-3-2-10-31-16/h2-11,20H,12H2,1H3/t20-/m1/s1. The van der Waals surface area contributed by atoms with E-state index in [4.69, 9.17) is 13.6 Å². The molecule has 3 heterocycles. The number of nitrogens with zero attached hydrogens (tertiary/aromatic N) is 1. The van der Waals surface area contributed by atoms with Crippen LogP contribution in [0.4, 0.5) is 0 Å². The molecule has 0 unspecified atom stereocenters. The molecule has 0 spiro atoms. The highest BCUT2D eigenvalue weighted by molar-refractivity contribution is 9.10. The number of esters is 1. The van der Waals surface area contributed by atoms with Gasteiger partial charge in [0.25, 0.3) is 5.91 Å². The van der Waals surface area contributed by atoms with Crippen molar-refractivity contribution in [1.29, 1.82) is 0 Å². The van der Waals surface area contributed by atoms with Crippen LogP contribution >= 0.6 is 15.9 Å². The summed E-state index contributed by atoms with van der Waals surface area (Å²) in [6, 6.07) is 14.5. The van der Waals surface area contributed by atoms with Gasteiger partial charge in [-0.2, -0.15) is 0 Å². The Morgan fingerprint density at radius 2 is 1.91 bits per heavy atom. The first-order chi connectivity index (χ1) is 15.5. The normalized spacial score (nSPS) is 15.2. The Morgan fingerprint density at radius 1 is 1.12 bits per heavy atom. The van der Waals surface area contributed by atoms with Crippen LogP contribution in [0.15, 0.2) is 79.0 Å². The van der Waals surface area contributed by atoms with Crippen molar-refractivity contribution >= 4 is 38.8 Å². The average Bonchev–Trinajstić information content (AvgIpc) is 3.41. The first-order valence-electron chi connectivity index (χ1n) is 9.76. The van der Waals surface area contributed by atoms with Crippen molar-refractivity contribution in [1.82, 2.24) is 4.90 Å². The number of carbonyl (C=O) groups excluding carboxylic acids is 2. The molecule has 160 valence electrons. The predicted octanol–water partition coefficient (Wildman–Crippen LogP) is 4.68. The van der Waals surface area contributed by atoms with Gasteiger partial charge in [-0.1, -0.05) is 28.1 Å². The number of fused-ring (bicyclic) bond motifs is 2. The Morgan fingerprint density at radius 3 is 2.59 bits per heavy atom.